The summed E-state index contributed by atoms with van der Waals surface area (Å²) in [6.45, 7) is 2.35. The maximum atomic E-state index is 12.9. The zero-order valence-corrected chi connectivity index (χ0v) is 11.5. The zero-order valence-electron chi connectivity index (χ0n) is 11.5. The number of nitrogen functional groups attached to an aromatic ring is 1. The van der Waals surface area contributed by atoms with Gasteiger partial charge in [0.25, 0.3) is 6.43 Å². The van der Waals surface area contributed by atoms with Gasteiger partial charge in [0.05, 0.1) is 6.61 Å². The summed E-state index contributed by atoms with van der Waals surface area (Å²) in [6.07, 6.45) is -2.66. The molecule has 0 fully saturated rings. The van der Waals surface area contributed by atoms with Gasteiger partial charge in [-0.3, -0.25) is 4.79 Å². The SMILES string of the molecule is COCCNC(=O)C(C)Nc1ccc(N)cc1C(F)F. The van der Waals surface area contributed by atoms with Crippen LogP contribution in [0.3, 0.4) is 0 Å². The van der Waals surface area contributed by atoms with Gasteiger partial charge in [0.1, 0.15) is 6.04 Å². The molecule has 0 aromatic heterocycles. The van der Waals surface area contributed by atoms with Crippen molar-refractivity contribution in [1.82, 2.24) is 5.32 Å². The zero-order chi connectivity index (χ0) is 15.1. The lowest BCUT2D eigenvalue weighted by Crippen LogP contribution is -2.39. The first kappa shape index (κ1) is 16.2. The van der Waals surface area contributed by atoms with Gasteiger partial charge >= 0.3 is 0 Å². The van der Waals surface area contributed by atoms with Gasteiger partial charge in [-0.1, -0.05) is 0 Å². The molecular weight excluding hydrogens is 268 g/mol. The Bertz CT molecular complexity index is 455. The number of halogens is 2. The number of hydrogen-bond acceptors (Lipinski definition) is 4. The van der Waals surface area contributed by atoms with Crippen LogP contribution in [0.25, 0.3) is 0 Å². The van der Waals surface area contributed by atoms with Crippen LogP contribution in [0.2, 0.25) is 0 Å². The molecular formula is C13H19F2N3O2. The maximum absolute atomic E-state index is 12.9. The summed E-state index contributed by atoms with van der Waals surface area (Å²) < 4.78 is 30.6. The van der Waals surface area contributed by atoms with E-state index in [1.807, 2.05) is 0 Å². The van der Waals surface area contributed by atoms with E-state index in [-0.39, 0.29) is 22.8 Å². The van der Waals surface area contributed by atoms with Gasteiger partial charge < -0.3 is 21.1 Å². The Hall–Kier alpha value is -1.89. The van der Waals surface area contributed by atoms with Crippen LogP contribution in [0, 0.1) is 0 Å². The van der Waals surface area contributed by atoms with E-state index in [0.717, 1.165) is 0 Å². The fourth-order valence-corrected chi connectivity index (χ4v) is 1.62. The van der Waals surface area contributed by atoms with Crippen LogP contribution in [0.4, 0.5) is 20.2 Å². The molecule has 1 atom stereocenters. The first-order valence-corrected chi connectivity index (χ1v) is 6.16. The molecule has 1 amide bonds. The molecule has 5 nitrogen and oxygen atoms in total. The number of alkyl halides is 2. The summed E-state index contributed by atoms with van der Waals surface area (Å²) in [5.41, 5.74) is 5.71. The minimum atomic E-state index is -2.66. The van der Waals surface area contributed by atoms with E-state index in [1.54, 1.807) is 6.92 Å². The molecule has 1 aromatic rings. The lowest BCUT2D eigenvalue weighted by Gasteiger charge is -2.18. The molecule has 0 saturated carbocycles. The van der Waals surface area contributed by atoms with Crippen molar-refractivity contribution in [3.63, 3.8) is 0 Å². The predicted octanol–water partition coefficient (Wildman–Crippen LogP) is 1.77. The van der Waals surface area contributed by atoms with Gasteiger partial charge in [-0.05, 0) is 25.1 Å². The third-order valence-corrected chi connectivity index (χ3v) is 2.68. The lowest BCUT2D eigenvalue weighted by atomic mass is 10.1. The van der Waals surface area contributed by atoms with Gasteiger partial charge in [0.2, 0.25) is 5.91 Å². The molecule has 4 N–H and O–H groups in total. The second-order valence-electron chi connectivity index (χ2n) is 4.30. The van der Waals surface area contributed by atoms with E-state index in [1.165, 1.54) is 25.3 Å². The van der Waals surface area contributed by atoms with Crippen molar-refractivity contribution in [1.29, 1.82) is 0 Å². The highest BCUT2D eigenvalue weighted by molar-refractivity contribution is 5.84. The number of ether oxygens (including phenoxy) is 1. The largest absolute Gasteiger partial charge is 0.399 e. The Morgan fingerprint density at radius 3 is 2.75 bits per heavy atom. The average molecular weight is 287 g/mol. The number of nitrogens with two attached hydrogens (primary N) is 1. The first-order chi connectivity index (χ1) is 9.45. The van der Waals surface area contributed by atoms with Crippen LogP contribution in [-0.2, 0) is 9.53 Å². The van der Waals surface area contributed by atoms with Gasteiger partial charge in [0.15, 0.2) is 0 Å². The normalized spacial score (nSPS) is 12.2. The Labute approximate surface area is 116 Å². The Morgan fingerprint density at radius 2 is 2.15 bits per heavy atom. The molecule has 7 heteroatoms. The molecule has 0 radical (unpaired) electrons. The third kappa shape index (κ3) is 4.65. The van der Waals surface area contributed by atoms with Crippen LogP contribution in [0.15, 0.2) is 18.2 Å². The Kier molecular flexibility index (Phi) is 6.17. The van der Waals surface area contributed by atoms with E-state index >= 15 is 0 Å². The number of rotatable bonds is 7. The maximum Gasteiger partial charge on any atom is 0.265 e. The number of nitrogens with one attached hydrogen (secondary N) is 2. The number of benzene rings is 1. The van der Waals surface area contributed by atoms with Crippen LogP contribution < -0.4 is 16.4 Å². The second kappa shape index (κ2) is 7.64. The summed E-state index contributed by atoms with van der Waals surface area (Å²) >= 11 is 0. The summed E-state index contributed by atoms with van der Waals surface area (Å²) in [5.74, 6) is -0.293. The Balaban J connectivity index is 2.70. The van der Waals surface area contributed by atoms with E-state index in [0.29, 0.717) is 13.2 Å². The molecule has 1 unspecified atom stereocenters. The lowest BCUT2D eigenvalue weighted by molar-refractivity contribution is -0.121. The summed E-state index contributed by atoms with van der Waals surface area (Å²) in [5, 5.41) is 5.38. The van der Waals surface area contributed by atoms with E-state index in [9.17, 15) is 13.6 Å². The molecule has 112 valence electrons. The van der Waals surface area contributed by atoms with Crippen LogP contribution >= 0.6 is 0 Å². The van der Waals surface area contributed by atoms with Crippen molar-refractivity contribution in [2.45, 2.75) is 19.4 Å². The van der Waals surface area contributed by atoms with Gasteiger partial charge in [-0.25, -0.2) is 8.78 Å². The Morgan fingerprint density at radius 1 is 1.45 bits per heavy atom. The fraction of sp³-hybridized carbons (Fsp3) is 0.462. The number of carbonyl (C=O) groups excluding carboxylic acids is 1. The quantitative estimate of drug-likeness (QED) is 0.527. The van der Waals surface area contributed by atoms with Gasteiger partial charge in [0, 0.05) is 30.6 Å². The van der Waals surface area contributed by atoms with Crippen molar-refractivity contribution in [3.05, 3.63) is 23.8 Å². The third-order valence-electron chi connectivity index (χ3n) is 2.68. The molecule has 0 saturated heterocycles. The van der Waals surface area contributed by atoms with Gasteiger partial charge in [-0.2, -0.15) is 0 Å². The van der Waals surface area contributed by atoms with Crippen molar-refractivity contribution < 1.29 is 18.3 Å². The van der Waals surface area contributed by atoms with E-state index < -0.39 is 12.5 Å². The number of anilines is 2. The molecule has 0 heterocycles. The predicted molar refractivity (Wildman–Crippen MR) is 73.8 cm³/mol. The summed E-state index contributed by atoms with van der Waals surface area (Å²) in [4.78, 5) is 11.7. The van der Waals surface area contributed by atoms with Crippen molar-refractivity contribution in [2.24, 2.45) is 0 Å². The fourth-order valence-electron chi connectivity index (χ4n) is 1.62. The summed E-state index contributed by atoms with van der Waals surface area (Å²) in [6, 6.07) is 3.50. The van der Waals surface area contributed by atoms with Crippen molar-refractivity contribution in [2.75, 3.05) is 31.3 Å². The topological polar surface area (TPSA) is 76.4 Å². The van der Waals surface area contributed by atoms with E-state index in [2.05, 4.69) is 10.6 Å². The molecule has 0 aliphatic carbocycles. The number of hydrogen-bond donors (Lipinski definition) is 3. The van der Waals surface area contributed by atoms with Crippen molar-refractivity contribution >= 4 is 17.3 Å². The molecule has 0 spiro atoms. The highest BCUT2D eigenvalue weighted by atomic mass is 19.3. The number of amides is 1. The van der Waals surface area contributed by atoms with Crippen LogP contribution in [-0.4, -0.2) is 32.2 Å². The average Bonchev–Trinajstić information content (AvgIpc) is 2.40. The van der Waals surface area contributed by atoms with Gasteiger partial charge in [-0.15, -0.1) is 0 Å². The first-order valence-electron chi connectivity index (χ1n) is 6.16. The standard InChI is InChI=1S/C13H19F2N3O2/c1-8(13(19)17-5-6-20-2)18-11-4-3-9(16)7-10(11)12(14)15/h3-4,7-8,12,18H,5-6,16H2,1-2H3,(H,17,19). The minimum absolute atomic E-state index is 0.198. The minimum Gasteiger partial charge on any atom is -0.399 e. The van der Waals surface area contributed by atoms with Crippen LogP contribution in [0.5, 0.6) is 0 Å². The molecule has 1 rings (SSSR count). The monoisotopic (exact) mass is 287 g/mol. The number of carbonyl (C=O) groups is 1. The molecule has 20 heavy (non-hydrogen) atoms. The molecule has 0 aliphatic heterocycles. The summed E-state index contributed by atoms with van der Waals surface area (Å²) in [7, 11) is 1.52. The molecule has 1 aromatic carbocycles. The second-order valence-corrected chi connectivity index (χ2v) is 4.30. The smallest absolute Gasteiger partial charge is 0.265 e. The van der Waals surface area contributed by atoms with E-state index in [4.69, 9.17) is 10.5 Å². The van der Waals surface area contributed by atoms with Crippen LogP contribution in [0.1, 0.15) is 18.9 Å². The molecule has 0 bridgehead atoms. The molecule has 0 aliphatic rings. The highest BCUT2D eigenvalue weighted by Gasteiger charge is 2.18. The number of methoxy groups -OCH3 is 1. The van der Waals surface area contributed by atoms with Crippen molar-refractivity contribution in [3.8, 4) is 0 Å². The highest BCUT2D eigenvalue weighted by Crippen LogP contribution is 2.29.